The highest BCUT2D eigenvalue weighted by Crippen LogP contribution is 2.63. The van der Waals surface area contributed by atoms with Gasteiger partial charge in [-0.15, -0.1) is 11.6 Å². The summed E-state index contributed by atoms with van der Waals surface area (Å²) in [5.74, 6) is 1.43. The number of alkyl halides is 1. The van der Waals surface area contributed by atoms with Gasteiger partial charge in [0.15, 0.2) is 5.65 Å². The lowest BCUT2D eigenvalue weighted by atomic mass is 9.49. The van der Waals surface area contributed by atoms with Gasteiger partial charge in [0.2, 0.25) is 0 Å². The summed E-state index contributed by atoms with van der Waals surface area (Å²) >= 11 is 6.94. The van der Waals surface area contributed by atoms with E-state index in [-0.39, 0.29) is 16.2 Å². The molecule has 1 amide bonds. The number of rotatable bonds is 3. The molecule has 0 unspecified atom stereocenters. The van der Waals surface area contributed by atoms with Crippen LogP contribution in [0.3, 0.4) is 0 Å². The summed E-state index contributed by atoms with van der Waals surface area (Å²) in [6.45, 7) is 6.54. The molecule has 2 aromatic rings. The highest BCUT2D eigenvalue weighted by molar-refractivity contribution is 6.24. The Morgan fingerprint density at radius 1 is 1.26 bits per heavy atom. The van der Waals surface area contributed by atoms with Crippen LogP contribution in [0, 0.1) is 38.0 Å². The number of nitrogens with one attached hydrogen (secondary N) is 1. The van der Waals surface area contributed by atoms with Crippen molar-refractivity contribution in [2.45, 2.75) is 64.2 Å². The number of halogens is 1. The third-order valence-corrected chi connectivity index (χ3v) is 7.47. The molecule has 6 heteroatoms. The predicted octanol–water partition coefficient (Wildman–Crippen LogP) is 3.96. The highest BCUT2D eigenvalue weighted by atomic mass is 35.5. The zero-order chi connectivity index (χ0) is 19.0. The Bertz CT molecular complexity index is 935. The molecule has 5 nitrogen and oxygen atoms in total. The first-order chi connectivity index (χ1) is 12.8. The van der Waals surface area contributed by atoms with Crippen LogP contribution in [0.2, 0.25) is 0 Å². The third kappa shape index (κ3) is 2.77. The summed E-state index contributed by atoms with van der Waals surface area (Å²) in [5, 5.41) is 7.77. The van der Waals surface area contributed by atoms with Crippen molar-refractivity contribution in [3.63, 3.8) is 0 Å². The van der Waals surface area contributed by atoms with Gasteiger partial charge in [0.25, 0.3) is 5.91 Å². The van der Waals surface area contributed by atoms with Crippen LogP contribution in [0.4, 0.5) is 0 Å². The average molecular weight is 387 g/mol. The van der Waals surface area contributed by atoms with E-state index in [1.54, 1.807) is 4.52 Å². The number of carbonyl (C=O) groups is 1. The minimum absolute atomic E-state index is 0.0229. The molecule has 4 aliphatic carbocycles. The summed E-state index contributed by atoms with van der Waals surface area (Å²) in [5.41, 5.74) is 4.06. The molecule has 4 bridgehead atoms. The number of aryl methyl sites for hydroxylation is 3. The quantitative estimate of drug-likeness (QED) is 0.812. The van der Waals surface area contributed by atoms with Crippen LogP contribution >= 0.6 is 11.6 Å². The lowest BCUT2D eigenvalue weighted by Crippen LogP contribution is -2.56. The summed E-state index contributed by atoms with van der Waals surface area (Å²) in [4.78, 5) is 17.7. The molecule has 6 rings (SSSR count). The maximum Gasteiger partial charge on any atom is 0.257 e. The molecule has 1 N–H and O–H groups in total. The van der Waals surface area contributed by atoms with Gasteiger partial charge in [-0.1, -0.05) is 0 Å². The lowest BCUT2D eigenvalue weighted by Gasteiger charge is -2.60. The first-order valence-electron chi connectivity index (χ1n) is 10.1. The van der Waals surface area contributed by atoms with Gasteiger partial charge in [-0.2, -0.15) is 5.10 Å². The maximum absolute atomic E-state index is 13.1. The SMILES string of the molecule is Cc1cc(C)n2nc(C)c(C(=O)NCC34C[C@H]5C[C@@H](CC(Cl)(C5)C3)C4)c2n1. The molecule has 4 aliphatic rings. The summed E-state index contributed by atoms with van der Waals surface area (Å²) in [6.07, 6.45) is 7.12. The van der Waals surface area contributed by atoms with Crippen LogP contribution in [-0.2, 0) is 0 Å². The van der Waals surface area contributed by atoms with E-state index in [1.807, 2.05) is 26.8 Å². The van der Waals surface area contributed by atoms with Crippen LogP contribution in [0.1, 0.15) is 66.0 Å². The third-order valence-electron chi connectivity index (χ3n) is 7.03. The van der Waals surface area contributed by atoms with Gasteiger partial charge in [-0.25, -0.2) is 9.50 Å². The van der Waals surface area contributed by atoms with Crippen LogP contribution < -0.4 is 5.32 Å². The number of hydrogen-bond donors (Lipinski definition) is 1. The van der Waals surface area contributed by atoms with E-state index in [0.29, 0.717) is 11.2 Å². The normalized spacial score (nSPS) is 34.4. The van der Waals surface area contributed by atoms with Crippen LogP contribution in [-0.4, -0.2) is 31.9 Å². The molecule has 2 aromatic heterocycles. The first kappa shape index (κ1) is 17.5. The molecule has 0 aliphatic heterocycles. The van der Waals surface area contributed by atoms with Crippen molar-refractivity contribution in [3.8, 4) is 0 Å². The van der Waals surface area contributed by atoms with Gasteiger partial charge in [0.1, 0.15) is 5.56 Å². The lowest BCUT2D eigenvalue weighted by molar-refractivity contribution is -0.0379. The molecule has 2 atom stereocenters. The Morgan fingerprint density at radius 3 is 2.63 bits per heavy atom. The maximum atomic E-state index is 13.1. The second-order valence-corrected chi connectivity index (χ2v) is 10.3. The zero-order valence-corrected chi connectivity index (χ0v) is 17.1. The molecule has 144 valence electrons. The monoisotopic (exact) mass is 386 g/mol. The molecule has 0 spiro atoms. The molecule has 27 heavy (non-hydrogen) atoms. The molecule has 0 saturated heterocycles. The van der Waals surface area contributed by atoms with Crippen molar-refractivity contribution in [1.82, 2.24) is 19.9 Å². The molecule has 0 radical (unpaired) electrons. The Balaban J connectivity index is 1.41. The summed E-state index contributed by atoms with van der Waals surface area (Å²) in [6, 6.07) is 1.98. The van der Waals surface area contributed by atoms with Crippen LogP contribution in [0.5, 0.6) is 0 Å². The molecule has 0 aromatic carbocycles. The topological polar surface area (TPSA) is 59.3 Å². The fourth-order valence-electron chi connectivity index (χ4n) is 6.59. The van der Waals surface area contributed by atoms with Gasteiger partial charge in [0, 0.05) is 22.8 Å². The fraction of sp³-hybridized carbons (Fsp3) is 0.667. The van der Waals surface area contributed by atoms with Crippen molar-refractivity contribution >= 4 is 23.2 Å². The van der Waals surface area contributed by atoms with E-state index in [0.717, 1.165) is 54.7 Å². The van der Waals surface area contributed by atoms with E-state index in [2.05, 4.69) is 15.4 Å². The predicted molar refractivity (Wildman–Crippen MR) is 105 cm³/mol. The molecule has 2 heterocycles. The largest absolute Gasteiger partial charge is 0.351 e. The van der Waals surface area contributed by atoms with E-state index < -0.39 is 0 Å². The highest BCUT2D eigenvalue weighted by Gasteiger charge is 2.57. The number of aromatic nitrogens is 3. The Morgan fingerprint density at radius 2 is 1.96 bits per heavy atom. The van der Waals surface area contributed by atoms with Gasteiger partial charge in [-0.3, -0.25) is 4.79 Å². The zero-order valence-electron chi connectivity index (χ0n) is 16.3. The van der Waals surface area contributed by atoms with Gasteiger partial charge in [0.05, 0.1) is 5.69 Å². The smallest absolute Gasteiger partial charge is 0.257 e. The molecule has 4 fully saturated rings. The number of fused-ring (bicyclic) bond motifs is 1. The minimum atomic E-state index is -0.0561. The number of carbonyl (C=O) groups excluding carboxylic acids is 1. The number of amides is 1. The van der Waals surface area contributed by atoms with Crippen molar-refractivity contribution in [1.29, 1.82) is 0 Å². The van der Waals surface area contributed by atoms with E-state index in [4.69, 9.17) is 11.6 Å². The Hall–Kier alpha value is -1.62. The van der Waals surface area contributed by atoms with Crippen molar-refractivity contribution in [2.24, 2.45) is 17.3 Å². The number of nitrogens with zero attached hydrogens (tertiary/aromatic N) is 3. The molecule has 4 saturated carbocycles. The molecular weight excluding hydrogens is 360 g/mol. The fourth-order valence-corrected chi connectivity index (χ4v) is 7.31. The van der Waals surface area contributed by atoms with Crippen LogP contribution in [0.15, 0.2) is 6.07 Å². The van der Waals surface area contributed by atoms with Crippen LogP contribution in [0.25, 0.3) is 5.65 Å². The summed E-state index contributed by atoms with van der Waals surface area (Å²) in [7, 11) is 0. The van der Waals surface area contributed by atoms with Crippen molar-refractivity contribution < 1.29 is 4.79 Å². The Labute approximate surface area is 164 Å². The second-order valence-electron chi connectivity index (χ2n) is 9.53. The average Bonchev–Trinajstić information content (AvgIpc) is 2.87. The second kappa shape index (κ2) is 5.69. The molecular formula is C21H27ClN4O. The number of hydrogen-bond acceptors (Lipinski definition) is 3. The minimum Gasteiger partial charge on any atom is -0.351 e. The Kier molecular flexibility index (Phi) is 3.69. The van der Waals surface area contributed by atoms with Crippen molar-refractivity contribution in [3.05, 3.63) is 28.7 Å². The van der Waals surface area contributed by atoms with Gasteiger partial charge < -0.3 is 5.32 Å². The standard InChI is InChI=1S/C21H27ClN4O/c1-12-4-13(2)26-18(24-12)17(14(3)25-26)19(27)23-11-20-6-15-5-16(7-20)9-21(22,8-15)10-20/h4,15-16H,5-11H2,1-3H3,(H,23,27)/t15-,16-,20?,21?/m1/s1. The van der Waals surface area contributed by atoms with E-state index >= 15 is 0 Å². The van der Waals surface area contributed by atoms with Gasteiger partial charge in [-0.05, 0) is 82.6 Å². The van der Waals surface area contributed by atoms with E-state index in [1.165, 1.54) is 19.3 Å². The van der Waals surface area contributed by atoms with E-state index in [9.17, 15) is 4.79 Å². The first-order valence-corrected chi connectivity index (χ1v) is 10.4. The summed E-state index contributed by atoms with van der Waals surface area (Å²) < 4.78 is 1.77. The van der Waals surface area contributed by atoms with Crippen molar-refractivity contribution in [2.75, 3.05) is 6.54 Å². The van der Waals surface area contributed by atoms with Gasteiger partial charge >= 0.3 is 0 Å².